The second kappa shape index (κ2) is 13.1. The van der Waals surface area contributed by atoms with Crippen LogP contribution in [0.25, 0.3) is 16.6 Å². The first-order valence-electron chi connectivity index (χ1n) is 14.1. The Balaban J connectivity index is 1.29. The summed E-state index contributed by atoms with van der Waals surface area (Å²) in [4.78, 5) is 20.4. The number of carbonyl (C=O) groups is 1. The van der Waals surface area contributed by atoms with Crippen molar-refractivity contribution in [2.24, 2.45) is 0 Å². The van der Waals surface area contributed by atoms with E-state index in [0.29, 0.717) is 16.6 Å². The average molecular weight is 715 g/mol. The van der Waals surface area contributed by atoms with Gasteiger partial charge in [0.2, 0.25) is 17.4 Å². The predicted molar refractivity (Wildman–Crippen MR) is 172 cm³/mol. The number of H-pyrrole nitrogens is 1. The molecular formula is C32H23ClF4N6O5S. The molecule has 0 aliphatic rings. The van der Waals surface area contributed by atoms with Crippen LogP contribution in [0.15, 0.2) is 84.0 Å². The van der Waals surface area contributed by atoms with Gasteiger partial charge in [0.1, 0.15) is 18.2 Å². The van der Waals surface area contributed by atoms with E-state index in [9.17, 15) is 30.8 Å². The molecule has 0 aliphatic carbocycles. The van der Waals surface area contributed by atoms with Crippen molar-refractivity contribution < 1.29 is 40.2 Å². The molecule has 0 amide bonds. The Morgan fingerprint density at radius 3 is 2.49 bits per heavy atom. The lowest BCUT2D eigenvalue weighted by molar-refractivity contribution is 0.0823. The molecule has 3 aromatic carbocycles. The number of carbonyl (C=O) groups excluding carboxylic acids is 1. The second-order valence-electron chi connectivity index (χ2n) is 10.5. The van der Waals surface area contributed by atoms with Crippen LogP contribution in [-0.2, 0) is 10.0 Å². The van der Waals surface area contributed by atoms with E-state index >= 15 is 0 Å². The Hall–Kier alpha value is -5.61. The Morgan fingerprint density at radius 2 is 1.80 bits per heavy atom. The second-order valence-corrected chi connectivity index (χ2v) is 12.6. The number of hydrogen-bond acceptors (Lipinski definition) is 8. The number of rotatable bonds is 11. The standard InChI is InChI=1S/C32H23ClF4N6O5S/c1-16-8-29(48-31-21(34)6-3-7-22(31)35)39-14-26(16)43-32(38)20(13-40-43)30(44)25-9-17-10-27(47-15-28(36)37)24(12-23(17)41-25)42-49(45,46)19-5-2-4-18(33)11-19/h2-14,28,41-42H,15,38H2,1H3. The number of benzene rings is 3. The molecule has 0 spiro atoms. The van der Waals surface area contributed by atoms with Crippen LogP contribution in [0.3, 0.4) is 0 Å². The van der Waals surface area contributed by atoms with Crippen molar-refractivity contribution in [2.75, 3.05) is 17.1 Å². The van der Waals surface area contributed by atoms with Crippen molar-refractivity contribution >= 4 is 49.8 Å². The van der Waals surface area contributed by atoms with Gasteiger partial charge < -0.3 is 20.2 Å². The molecule has 6 aromatic rings. The molecule has 252 valence electrons. The number of anilines is 2. The number of alkyl halides is 2. The summed E-state index contributed by atoms with van der Waals surface area (Å²) in [5, 5.41) is 4.72. The molecule has 0 aliphatic heterocycles. The number of ketones is 1. The van der Waals surface area contributed by atoms with E-state index in [0.717, 1.165) is 12.1 Å². The quantitative estimate of drug-likeness (QED) is 0.0954. The zero-order valence-electron chi connectivity index (χ0n) is 25.0. The van der Waals surface area contributed by atoms with Gasteiger partial charge in [-0.1, -0.05) is 23.7 Å². The van der Waals surface area contributed by atoms with E-state index in [-0.39, 0.29) is 49.8 Å². The highest BCUT2D eigenvalue weighted by atomic mass is 35.5. The summed E-state index contributed by atoms with van der Waals surface area (Å²) in [5.41, 5.74) is 7.24. The first kappa shape index (κ1) is 33.3. The van der Waals surface area contributed by atoms with Crippen LogP contribution in [0, 0.1) is 18.6 Å². The third-order valence-electron chi connectivity index (χ3n) is 7.14. The summed E-state index contributed by atoms with van der Waals surface area (Å²) in [5.74, 6) is -3.42. The SMILES string of the molecule is Cc1cc(Oc2c(F)cccc2F)ncc1-n1ncc(C(=O)c2cc3cc(OCC(F)F)c(NS(=O)(=O)c4cccc(Cl)c4)cc3[nH]2)c1N. The normalized spacial score (nSPS) is 11.7. The monoisotopic (exact) mass is 714 g/mol. The summed E-state index contributed by atoms with van der Waals surface area (Å²) in [6, 6.07) is 14.1. The molecule has 0 radical (unpaired) electrons. The van der Waals surface area contributed by atoms with Gasteiger partial charge in [0.15, 0.2) is 11.6 Å². The summed E-state index contributed by atoms with van der Waals surface area (Å²) in [7, 11) is -4.23. The maximum Gasteiger partial charge on any atom is 0.272 e. The van der Waals surface area contributed by atoms with Crippen molar-refractivity contribution in [1.29, 1.82) is 0 Å². The molecule has 17 heteroatoms. The van der Waals surface area contributed by atoms with Crippen molar-refractivity contribution in [3.05, 3.63) is 113 Å². The lowest BCUT2D eigenvalue weighted by Crippen LogP contribution is -2.15. The number of aromatic nitrogens is 4. The highest BCUT2D eigenvalue weighted by Gasteiger charge is 2.23. The zero-order valence-corrected chi connectivity index (χ0v) is 26.6. The highest BCUT2D eigenvalue weighted by Crippen LogP contribution is 2.34. The molecule has 11 nitrogen and oxygen atoms in total. The van der Waals surface area contributed by atoms with Gasteiger partial charge in [0, 0.05) is 22.0 Å². The van der Waals surface area contributed by atoms with Crippen LogP contribution in [0.5, 0.6) is 17.4 Å². The van der Waals surface area contributed by atoms with E-state index in [1.54, 1.807) is 6.92 Å². The third kappa shape index (κ3) is 6.86. The van der Waals surface area contributed by atoms with Gasteiger partial charge in [-0.05, 0) is 61.0 Å². The number of nitrogen functional groups attached to an aromatic ring is 1. The van der Waals surface area contributed by atoms with E-state index in [4.69, 9.17) is 26.8 Å². The number of aryl methyl sites for hydroxylation is 1. The number of nitrogens with zero attached hydrogens (tertiary/aromatic N) is 3. The number of pyridine rings is 1. The average Bonchev–Trinajstić information content (AvgIpc) is 3.64. The van der Waals surface area contributed by atoms with E-state index in [2.05, 4.69) is 19.8 Å². The molecule has 0 saturated carbocycles. The van der Waals surface area contributed by atoms with Crippen LogP contribution in [0.2, 0.25) is 5.02 Å². The Bertz CT molecular complexity index is 2330. The molecule has 4 N–H and O–H groups in total. The molecule has 6 rings (SSSR count). The Labute approximate surface area is 280 Å². The van der Waals surface area contributed by atoms with E-state index < -0.39 is 46.2 Å². The van der Waals surface area contributed by atoms with Crippen LogP contribution in [0.1, 0.15) is 21.6 Å². The lowest BCUT2D eigenvalue weighted by atomic mass is 10.1. The fraction of sp³-hybridized carbons (Fsp3) is 0.0938. The summed E-state index contributed by atoms with van der Waals surface area (Å²) < 4.78 is 94.4. The lowest BCUT2D eigenvalue weighted by Gasteiger charge is -2.14. The van der Waals surface area contributed by atoms with Crippen molar-refractivity contribution in [1.82, 2.24) is 19.7 Å². The van der Waals surface area contributed by atoms with Crippen LogP contribution < -0.4 is 19.9 Å². The van der Waals surface area contributed by atoms with Gasteiger partial charge in [-0.25, -0.2) is 35.6 Å². The number of nitrogens with one attached hydrogen (secondary N) is 2. The summed E-state index contributed by atoms with van der Waals surface area (Å²) in [6.07, 6.45) is -0.325. The third-order valence-corrected chi connectivity index (χ3v) is 8.74. The Morgan fingerprint density at radius 1 is 1.06 bits per heavy atom. The van der Waals surface area contributed by atoms with Gasteiger partial charge >= 0.3 is 0 Å². The number of sulfonamides is 1. The fourth-order valence-corrected chi connectivity index (χ4v) is 6.19. The molecule has 3 aromatic heterocycles. The van der Waals surface area contributed by atoms with Crippen LogP contribution in [0.4, 0.5) is 29.1 Å². The van der Waals surface area contributed by atoms with E-state index in [1.165, 1.54) is 71.7 Å². The van der Waals surface area contributed by atoms with Crippen molar-refractivity contribution in [3.8, 4) is 23.1 Å². The smallest absolute Gasteiger partial charge is 0.272 e. The van der Waals surface area contributed by atoms with Gasteiger partial charge in [-0.3, -0.25) is 9.52 Å². The largest absolute Gasteiger partial charge is 0.485 e. The number of fused-ring (bicyclic) bond motifs is 1. The molecule has 0 fully saturated rings. The molecule has 3 heterocycles. The topological polar surface area (TPSA) is 154 Å². The van der Waals surface area contributed by atoms with Crippen molar-refractivity contribution in [2.45, 2.75) is 18.2 Å². The number of hydrogen-bond donors (Lipinski definition) is 3. The Kier molecular flexibility index (Phi) is 8.92. The first-order valence-corrected chi connectivity index (χ1v) is 16.0. The zero-order chi connectivity index (χ0) is 35.0. The maximum absolute atomic E-state index is 14.0. The molecule has 49 heavy (non-hydrogen) atoms. The minimum absolute atomic E-state index is 0.0152. The minimum atomic E-state index is -4.23. The summed E-state index contributed by atoms with van der Waals surface area (Å²) >= 11 is 5.95. The van der Waals surface area contributed by atoms with Gasteiger partial charge in [-0.15, -0.1) is 0 Å². The fourth-order valence-electron chi connectivity index (χ4n) is 4.83. The number of ether oxygens (including phenoxy) is 2. The van der Waals surface area contributed by atoms with Gasteiger partial charge in [0.25, 0.3) is 16.4 Å². The number of aromatic amines is 1. The molecular weight excluding hydrogens is 692 g/mol. The molecule has 0 atom stereocenters. The maximum atomic E-state index is 14.0. The number of para-hydroxylation sites is 1. The molecule has 0 saturated heterocycles. The van der Waals surface area contributed by atoms with Crippen molar-refractivity contribution in [3.63, 3.8) is 0 Å². The number of nitrogens with two attached hydrogens (primary N) is 1. The predicted octanol–water partition coefficient (Wildman–Crippen LogP) is 7.04. The van der Waals surface area contributed by atoms with E-state index in [1.807, 2.05) is 0 Å². The van der Waals surface area contributed by atoms with Crippen LogP contribution in [-0.4, -0.2) is 47.0 Å². The first-order chi connectivity index (χ1) is 23.3. The summed E-state index contributed by atoms with van der Waals surface area (Å²) in [6.45, 7) is 0.624. The highest BCUT2D eigenvalue weighted by molar-refractivity contribution is 7.92. The minimum Gasteiger partial charge on any atom is -0.485 e. The van der Waals surface area contributed by atoms with Crippen LogP contribution >= 0.6 is 11.6 Å². The molecule has 0 bridgehead atoms. The van der Waals surface area contributed by atoms with Gasteiger partial charge in [-0.2, -0.15) is 5.10 Å². The molecule has 0 unspecified atom stereocenters. The number of halogens is 5. The van der Waals surface area contributed by atoms with Gasteiger partial charge in [0.05, 0.1) is 39.9 Å².